The highest BCUT2D eigenvalue weighted by atomic mass is 32.2. The molecule has 1 heterocycles. The van der Waals surface area contributed by atoms with Gasteiger partial charge in [0.15, 0.2) is 10.7 Å². The Morgan fingerprint density at radius 3 is 2.22 bits per heavy atom. The van der Waals surface area contributed by atoms with Gasteiger partial charge in [-0.15, -0.1) is 0 Å². The molecule has 1 aromatic rings. The van der Waals surface area contributed by atoms with E-state index < -0.39 is 10.7 Å². The minimum absolute atomic E-state index is 0.109. The lowest BCUT2D eigenvalue weighted by Gasteiger charge is -2.34. The predicted octanol–water partition coefficient (Wildman–Crippen LogP) is 2.54. The summed E-state index contributed by atoms with van der Waals surface area (Å²) in [7, 11) is -2.57. The Kier molecular flexibility index (Phi) is 3.18. The third kappa shape index (κ3) is 2.03. The first-order valence-corrected chi connectivity index (χ1v) is 7.32. The highest BCUT2D eigenvalue weighted by molar-refractivity contribution is 7.72. The first kappa shape index (κ1) is 13.4. The zero-order valence-electron chi connectivity index (χ0n) is 11.6. The number of ether oxygens (including phenoxy) is 1. The Balaban J connectivity index is 2.74. The SMILES string of the molecule is Cc1c(C)c([SH](=O)=O)c(C)c2c1CC(C)(C)CO2. The molecule has 0 unspecified atom stereocenters. The molecule has 1 aliphatic heterocycles. The summed E-state index contributed by atoms with van der Waals surface area (Å²) < 4.78 is 28.6. The number of rotatable bonds is 1. The fourth-order valence-corrected chi connectivity index (χ4v) is 3.49. The Hall–Kier alpha value is -1.03. The normalized spacial score (nSPS) is 17.4. The number of hydrogen-bond acceptors (Lipinski definition) is 3. The summed E-state index contributed by atoms with van der Waals surface area (Å²) in [5, 5.41) is 0. The topological polar surface area (TPSA) is 43.4 Å². The van der Waals surface area contributed by atoms with Crippen molar-refractivity contribution in [3.8, 4) is 5.75 Å². The maximum atomic E-state index is 11.4. The van der Waals surface area contributed by atoms with E-state index in [1.807, 2.05) is 20.8 Å². The van der Waals surface area contributed by atoms with Crippen LogP contribution in [0.1, 0.15) is 36.1 Å². The second-order valence-electron chi connectivity index (χ2n) is 5.92. The van der Waals surface area contributed by atoms with Crippen LogP contribution >= 0.6 is 0 Å². The molecule has 0 aromatic heterocycles. The van der Waals surface area contributed by atoms with Gasteiger partial charge in [-0.25, -0.2) is 8.42 Å². The fourth-order valence-electron chi connectivity index (χ4n) is 2.67. The molecule has 0 saturated carbocycles. The van der Waals surface area contributed by atoms with Gasteiger partial charge in [0.2, 0.25) is 0 Å². The molecular weight excluding hydrogens is 248 g/mol. The van der Waals surface area contributed by atoms with Crippen molar-refractivity contribution in [1.29, 1.82) is 0 Å². The summed E-state index contributed by atoms with van der Waals surface area (Å²) in [4.78, 5) is 0.431. The molecule has 0 amide bonds. The molecule has 100 valence electrons. The summed E-state index contributed by atoms with van der Waals surface area (Å²) in [6.07, 6.45) is 0.936. The summed E-state index contributed by atoms with van der Waals surface area (Å²) in [5.41, 5.74) is 3.96. The second-order valence-corrected chi connectivity index (χ2v) is 6.88. The van der Waals surface area contributed by atoms with Gasteiger partial charge < -0.3 is 4.74 Å². The van der Waals surface area contributed by atoms with Gasteiger partial charge in [-0.2, -0.15) is 0 Å². The molecular formula is C14H20O3S. The first-order chi connectivity index (χ1) is 8.24. The number of thiol groups is 1. The summed E-state index contributed by atoms with van der Waals surface area (Å²) in [6, 6.07) is 0. The molecule has 0 N–H and O–H groups in total. The highest BCUT2D eigenvalue weighted by Crippen LogP contribution is 2.41. The van der Waals surface area contributed by atoms with E-state index in [1.165, 1.54) is 5.56 Å². The van der Waals surface area contributed by atoms with Gasteiger partial charge in [-0.3, -0.25) is 0 Å². The van der Waals surface area contributed by atoms with E-state index in [9.17, 15) is 8.42 Å². The monoisotopic (exact) mass is 268 g/mol. The lowest BCUT2D eigenvalue weighted by atomic mass is 9.81. The van der Waals surface area contributed by atoms with Gasteiger partial charge in [-0.1, -0.05) is 13.8 Å². The van der Waals surface area contributed by atoms with Gasteiger partial charge in [-0.05, 0) is 43.9 Å². The molecule has 0 fully saturated rings. The van der Waals surface area contributed by atoms with Crippen molar-refractivity contribution in [2.45, 2.75) is 45.9 Å². The predicted molar refractivity (Wildman–Crippen MR) is 72.2 cm³/mol. The molecule has 0 bridgehead atoms. The van der Waals surface area contributed by atoms with Gasteiger partial charge >= 0.3 is 0 Å². The molecule has 1 aliphatic rings. The molecule has 0 radical (unpaired) electrons. The van der Waals surface area contributed by atoms with Crippen molar-refractivity contribution in [2.24, 2.45) is 5.41 Å². The van der Waals surface area contributed by atoms with Crippen LogP contribution in [0.4, 0.5) is 0 Å². The van der Waals surface area contributed by atoms with Crippen LogP contribution in [0.15, 0.2) is 4.90 Å². The van der Waals surface area contributed by atoms with Gasteiger partial charge in [0, 0.05) is 11.0 Å². The van der Waals surface area contributed by atoms with Crippen LogP contribution < -0.4 is 4.74 Å². The van der Waals surface area contributed by atoms with E-state index in [0.717, 1.165) is 28.9 Å². The van der Waals surface area contributed by atoms with E-state index in [0.29, 0.717) is 11.5 Å². The minimum Gasteiger partial charge on any atom is -0.492 e. The maximum Gasteiger partial charge on any atom is 0.168 e. The number of fused-ring (bicyclic) bond motifs is 1. The molecule has 4 heteroatoms. The van der Waals surface area contributed by atoms with E-state index in [4.69, 9.17) is 4.74 Å². The van der Waals surface area contributed by atoms with E-state index in [1.54, 1.807) is 0 Å². The zero-order chi connectivity index (χ0) is 13.7. The summed E-state index contributed by atoms with van der Waals surface area (Å²) in [5.74, 6) is 0.784. The van der Waals surface area contributed by atoms with Crippen molar-refractivity contribution in [3.05, 3.63) is 22.3 Å². The molecule has 0 atom stereocenters. The van der Waals surface area contributed by atoms with Crippen LogP contribution in [-0.4, -0.2) is 15.0 Å². The Morgan fingerprint density at radius 1 is 1.06 bits per heavy atom. The lowest BCUT2D eigenvalue weighted by Crippen LogP contribution is -2.30. The molecule has 1 aromatic carbocycles. The van der Waals surface area contributed by atoms with Gasteiger partial charge in [0.1, 0.15) is 5.75 Å². The summed E-state index contributed by atoms with van der Waals surface area (Å²) >= 11 is 0. The van der Waals surface area contributed by atoms with Crippen molar-refractivity contribution >= 4 is 10.7 Å². The molecule has 2 rings (SSSR count). The number of benzene rings is 1. The van der Waals surface area contributed by atoms with Gasteiger partial charge in [0.05, 0.1) is 11.5 Å². The van der Waals surface area contributed by atoms with Crippen LogP contribution in [0.3, 0.4) is 0 Å². The second kappa shape index (κ2) is 4.26. The quantitative estimate of drug-likeness (QED) is 0.796. The van der Waals surface area contributed by atoms with Crippen LogP contribution in [-0.2, 0) is 17.1 Å². The van der Waals surface area contributed by atoms with E-state index in [-0.39, 0.29) is 5.41 Å². The van der Waals surface area contributed by atoms with Crippen LogP contribution in [0.2, 0.25) is 0 Å². The fraction of sp³-hybridized carbons (Fsp3) is 0.571. The molecule has 0 spiro atoms. The van der Waals surface area contributed by atoms with Crippen LogP contribution in [0.5, 0.6) is 5.75 Å². The number of hydrogen-bond donors (Lipinski definition) is 1. The Bertz CT molecular complexity index is 575. The third-order valence-electron chi connectivity index (χ3n) is 3.79. The lowest BCUT2D eigenvalue weighted by molar-refractivity contribution is 0.153. The molecule has 18 heavy (non-hydrogen) atoms. The largest absolute Gasteiger partial charge is 0.492 e. The van der Waals surface area contributed by atoms with Crippen molar-refractivity contribution in [3.63, 3.8) is 0 Å². The molecule has 0 aliphatic carbocycles. The van der Waals surface area contributed by atoms with Crippen LogP contribution in [0.25, 0.3) is 0 Å². The summed E-state index contributed by atoms with van der Waals surface area (Å²) in [6.45, 7) is 10.7. The minimum atomic E-state index is -2.57. The van der Waals surface area contributed by atoms with E-state index >= 15 is 0 Å². The van der Waals surface area contributed by atoms with Crippen LogP contribution in [0, 0.1) is 26.2 Å². The average Bonchev–Trinajstić information content (AvgIpc) is 2.24. The van der Waals surface area contributed by atoms with Crippen molar-refractivity contribution < 1.29 is 13.2 Å². The molecule has 3 nitrogen and oxygen atoms in total. The average molecular weight is 268 g/mol. The maximum absolute atomic E-state index is 11.4. The van der Waals surface area contributed by atoms with Crippen molar-refractivity contribution in [2.75, 3.05) is 6.61 Å². The molecule has 0 saturated heterocycles. The van der Waals surface area contributed by atoms with Crippen molar-refractivity contribution in [1.82, 2.24) is 0 Å². The Morgan fingerprint density at radius 2 is 1.67 bits per heavy atom. The van der Waals surface area contributed by atoms with Gasteiger partial charge in [0.25, 0.3) is 0 Å². The highest BCUT2D eigenvalue weighted by Gasteiger charge is 2.31. The van der Waals surface area contributed by atoms with E-state index in [2.05, 4.69) is 13.8 Å². The first-order valence-electron chi connectivity index (χ1n) is 6.14. The zero-order valence-corrected chi connectivity index (χ0v) is 12.5. The smallest absolute Gasteiger partial charge is 0.168 e. The third-order valence-corrected chi connectivity index (χ3v) is 4.82. The Labute approximate surface area is 110 Å². The standard InChI is InChI=1S/C14H20O3S/c1-8-9(2)13(18(15)16)10(3)12-11(8)6-14(4,5)7-17-12/h18H,6-7H2,1-5H3.